The van der Waals surface area contributed by atoms with E-state index in [0.29, 0.717) is 18.5 Å². The Balaban J connectivity index is 1.41. The minimum Gasteiger partial charge on any atom is -0.352 e. The first-order chi connectivity index (χ1) is 12.9. The summed E-state index contributed by atoms with van der Waals surface area (Å²) in [5, 5.41) is 9.55. The van der Waals surface area contributed by atoms with Crippen LogP contribution in [0.4, 0.5) is 0 Å². The van der Waals surface area contributed by atoms with Crippen LogP contribution in [-0.4, -0.2) is 54.1 Å². The maximum atomic E-state index is 12.1. The third kappa shape index (κ3) is 5.65. The molecule has 1 aliphatic heterocycles. The van der Waals surface area contributed by atoms with Gasteiger partial charge in [-0.15, -0.1) is 0 Å². The van der Waals surface area contributed by atoms with E-state index in [0.717, 1.165) is 5.56 Å². The number of benzene rings is 1. The Hall–Kier alpha value is -2.68. The van der Waals surface area contributed by atoms with Crippen molar-refractivity contribution in [3.63, 3.8) is 0 Å². The maximum Gasteiger partial charge on any atom is 0.254 e. The molecule has 144 valence electrons. The van der Waals surface area contributed by atoms with Crippen LogP contribution in [0.2, 0.25) is 0 Å². The van der Waals surface area contributed by atoms with Crippen molar-refractivity contribution in [3.05, 3.63) is 53.9 Å². The maximum absolute atomic E-state index is 12.1. The minimum absolute atomic E-state index is 0.00824. The Morgan fingerprint density at radius 2 is 2.00 bits per heavy atom. The van der Waals surface area contributed by atoms with Crippen LogP contribution in [0.3, 0.4) is 0 Å². The zero-order chi connectivity index (χ0) is 19.3. The summed E-state index contributed by atoms with van der Waals surface area (Å²) in [7, 11) is -3.03. The molecule has 8 nitrogen and oxygen atoms in total. The van der Waals surface area contributed by atoms with E-state index >= 15 is 0 Å². The van der Waals surface area contributed by atoms with Crippen LogP contribution in [0.5, 0.6) is 0 Å². The molecule has 3 rings (SSSR count). The van der Waals surface area contributed by atoms with Gasteiger partial charge >= 0.3 is 0 Å². The molecule has 1 aliphatic rings. The Bertz CT molecular complexity index is 908. The molecule has 1 aromatic heterocycles. The van der Waals surface area contributed by atoms with E-state index in [-0.39, 0.29) is 42.3 Å². The van der Waals surface area contributed by atoms with Gasteiger partial charge in [0.1, 0.15) is 0 Å². The van der Waals surface area contributed by atoms with Crippen molar-refractivity contribution in [2.24, 2.45) is 0 Å². The predicted octanol–water partition coefficient (Wildman–Crippen LogP) is 0.355. The molecule has 0 spiro atoms. The zero-order valence-electron chi connectivity index (χ0n) is 14.8. The Labute approximate surface area is 157 Å². The van der Waals surface area contributed by atoms with Gasteiger partial charge in [0.15, 0.2) is 9.84 Å². The first kappa shape index (κ1) is 19.1. The fraction of sp³-hybridized carbons (Fsp3) is 0.389. The number of hydrogen-bond donors (Lipinski definition) is 2. The summed E-state index contributed by atoms with van der Waals surface area (Å²) in [6.45, 7) is 0.745. The second-order valence-corrected chi connectivity index (χ2v) is 8.81. The van der Waals surface area contributed by atoms with Crippen molar-refractivity contribution in [3.8, 4) is 0 Å². The predicted molar refractivity (Wildman–Crippen MR) is 99.9 cm³/mol. The first-order valence-electron chi connectivity index (χ1n) is 8.76. The number of sulfone groups is 1. The average Bonchev–Trinajstić information content (AvgIpc) is 3.22. The normalized spacial score (nSPS) is 18.1. The standard InChI is InChI=1S/C18H22N4O4S/c23-17(21-16-7-9-27(25,26)13-16)6-8-19-18(24)15-10-20-22(12-15)11-14-4-2-1-3-5-14/h1-5,10,12,16H,6-9,11,13H2,(H,19,24)(H,21,23). The summed E-state index contributed by atoms with van der Waals surface area (Å²) in [4.78, 5) is 24.0. The lowest BCUT2D eigenvalue weighted by Crippen LogP contribution is -2.37. The van der Waals surface area contributed by atoms with Gasteiger partial charge < -0.3 is 10.6 Å². The molecule has 1 saturated heterocycles. The lowest BCUT2D eigenvalue weighted by Gasteiger charge is -2.10. The van der Waals surface area contributed by atoms with Gasteiger partial charge in [0.25, 0.3) is 5.91 Å². The van der Waals surface area contributed by atoms with Gasteiger partial charge in [0.05, 0.1) is 29.8 Å². The molecule has 0 saturated carbocycles. The molecule has 2 amide bonds. The highest BCUT2D eigenvalue weighted by molar-refractivity contribution is 7.91. The number of hydrogen-bond acceptors (Lipinski definition) is 5. The zero-order valence-corrected chi connectivity index (χ0v) is 15.6. The molecule has 0 aliphatic carbocycles. The SMILES string of the molecule is O=C(CCNC(=O)c1cnn(Cc2ccccc2)c1)NC1CCS(=O)(=O)C1. The minimum atomic E-state index is -3.03. The van der Waals surface area contributed by atoms with Gasteiger partial charge in [-0.2, -0.15) is 5.10 Å². The van der Waals surface area contributed by atoms with Crippen LogP contribution < -0.4 is 10.6 Å². The lowest BCUT2D eigenvalue weighted by atomic mass is 10.2. The van der Waals surface area contributed by atoms with E-state index in [1.54, 1.807) is 10.9 Å². The van der Waals surface area contributed by atoms with Gasteiger partial charge in [-0.05, 0) is 12.0 Å². The highest BCUT2D eigenvalue weighted by atomic mass is 32.2. The van der Waals surface area contributed by atoms with E-state index in [1.807, 2.05) is 30.3 Å². The molecule has 9 heteroatoms. The van der Waals surface area contributed by atoms with Crippen molar-refractivity contribution in [1.82, 2.24) is 20.4 Å². The number of nitrogens with zero attached hydrogens (tertiary/aromatic N) is 2. The van der Waals surface area contributed by atoms with Gasteiger partial charge in [0.2, 0.25) is 5.91 Å². The molecular weight excluding hydrogens is 368 g/mol. The highest BCUT2D eigenvalue weighted by Gasteiger charge is 2.28. The number of rotatable bonds is 7. The summed E-state index contributed by atoms with van der Waals surface area (Å²) in [5.74, 6) is -0.462. The Kier molecular flexibility index (Phi) is 5.90. The molecule has 1 aromatic carbocycles. The van der Waals surface area contributed by atoms with Gasteiger partial charge in [-0.1, -0.05) is 30.3 Å². The van der Waals surface area contributed by atoms with Gasteiger partial charge in [-0.25, -0.2) is 8.42 Å². The lowest BCUT2D eigenvalue weighted by molar-refractivity contribution is -0.121. The summed E-state index contributed by atoms with van der Waals surface area (Å²) in [6, 6.07) is 9.46. The van der Waals surface area contributed by atoms with E-state index in [1.165, 1.54) is 6.20 Å². The number of carbonyl (C=O) groups is 2. The Morgan fingerprint density at radius 3 is 2.70 bits per heavy atom. The fourth-order valence-corrected chi connectivity index (χ4v) is 4.61. The molecular formula is C18H22N4O4S. The van der Waals surface area contributed by atoms with Crippen molar-refractivity contribution in [2.75, 3.05) is 18.1 Å². The largest absolute Gasteiger partial charge is 0.352 e. The first-order valence-corrected chi connectivity index (χ1v) is 10.6. The van der Waals surface area contributed by atoms with Crippen molar-refractivity contribution < 1.29 is 18.0 Å². The molecule has 2 aromatic rings. The van der Waals surface area contributed by atoms with Crippen molar-refractivity contribution in [2.45, 2.75) is 25.4 Å². The molecule has 2 N–H and O–H groups in total. The van der Waals surface area contributed by atoms with Crippen LogP contribution in [0, 0.1) is 0 Å². The topological polar surface area (TPSA) is 110 Å². The smallest absolute Gasteiger partial charge is 0.254 e. The van der Waals surface area contributed by atoms with E-state index < -0.39 is 9.84 Å². The third-order valence-corrected chi connectivity index (χ3v) is 6.09. The van der Waals surface area contributed by atoms with E-state index in [2.05, 4.69) is 15.7 Å². The van der Waals surface area contributed by atoms with Crippen molar-refractivity contribution in [1.29, 1.82) is 0 Å². The van der Waals surface area contributed by atoms with E-state index in [4.69, 9.17) is 0 Å². The van der Waals surface area contributed by atoms with E-state index in [9.17, 15) is 18.0 Å². The molecule has 0 radical (unpaired) electrons. The molecule has 1 atom stereocenters. The summed E-state index contributed by atoms with van der Waals surface area (Å²) in [6.07, 6.45) is 3.69. The van der Waals surface area contributed by atoms with Crippen LogP contribution in [0.25, 0.3) is 0 Å². The quantitative estimate of drug-likeness (QED) is 0.709. The van der Waals surface area contributed by atoms with Crippen molar-refractivity contribution >= 4 is 21.7 Å². The summed E-state index contributed by atoms with van der Waals surface area (Å²) >= 11 is 0. The molecule has 1 fully saturated rings. The second-order valence-electron chi connectivity index (χ2n) is 6.59. The van der Waals surface area contributed by atoms with Gasteiger partial charge in [-0.3, -0.25) is 14.3 Å². The third-order valence-electron chi connectivity index (χ3n) is 4.32. The monoisotopic (exact) mass is 390 g/mol. The highest BCUT2D eigenvalue weighted by Crippen LogP contribution is 2.11. The number of carbonyl (C=O) groups excluding carboxylic acids is 2. The Morgan fingerprint density at radius 1 is 1.22 bits per heavy atom. The van der Waals surface area contributed by atoms with Gasteiger partial charge in [0, 0.05) is 25.2 Å². The molecule has 27 heavy (non-hydrogen) atoms. The molecule has 1 unspecified atom stereocenters. The molecule has 0 bridgehead atoms. The molecule has 2 heterocycles. The van der Waals surface area contributed by atoms with Crippen LogP contribution in [-0.2, 0) is 21.2 Å². The van der Waals surface area contributed by atoms with Crippen LogP contribution in [0.1, 0.15) is 28.8 Å². The average molecular weight is 390 g/mol. The van der Waals surface area contributed by atoms with Crippen LogP contribution >= 0.6 is 0 Å². The second kappa shape index (κ2) is 8.34. The number of nitrogens with one attached hydrogen (secondary N) is 2. The summed E-state index contributed by atoms with van der Waals surface area (Å²) in [5.41, 5.74) is 1.51. The fourth-order valence-electron chi connectivity index (χ4n) is 2.94. The summed E-state index contributed by atoms with van der Waals surface area (Å²) < 4.78 is 24.4. The van der Waals surface area contributed by atoms with Crippen LogP contribution in [0.15, 0.2) is 42.7 Å². The number of aromatic nitrogens is 2. The number of amides is 2.